The summed E-state index contributed by atoms with van der Waals surface area (Å²) >= 11 is 3.36. The molecule has 21 heavy (non-hydrogen) atoms. The van der Waals surface area contributed by atoms with E-state index >= 15 is 0 Å². The summed E-state index contributed by atoms with van der Waals surface area (Å²) in [6.45, 7) is 4.32. The van der Waals surface area contributed by atoms with E-state index in [0.29, 0.717) is 6.04 Å². The second-order valence-corrected chi connectivity index (χ2v) is 6.66. The SMILES string of the molecule is CC(C)n1ccnc1SCc1csc(-c2ccccn2)n1. The van der Waals surface area contributed by atoms with E-state index in [4.69, 9.17) is 0 Å². The molecule has 0 saturated carbocycles. The third-order valence-corrected chi connectivity index (χ3v) is 4.90. The van der Waals surface area contributed by atoms with Crippen LogP contribution >= 0.6 is 23.1 Å². The molecule has 0 aliphatic rings. The number of nitrogens with zero attached hydrogens (tertiary/aromatic N) is 4. The average Bonchev–Trinajstić information content (AvgIpc) is 3.15. The number of hydrogen-bond acceptors (Lipinski definition) is 5. The molecule has 0 aliphatic heterocycles. The molecule has 0 spiro atoms. The predicted molar refractivity (Wildman–Crippen MR) is 87.5 cm³/mol. The van der Waals surface area contributed by atoms with Gasteiger partial charge in [-0.25, -0.2) is 9.97 Å². The highest BCUT2D eigenvalue weighted by Gasteiger charge is 2.09. The lowest BCUT2D eigenvalue weighted by Gasteiger charge is -2.09. The van der Waals surface area contributed by atoms with Crippen molar-refractivity contribution in [2.75, 3.05) is 0 Å². The van der Waals surface area contributed by atoms with E-state index in [0.717, 1.165) is 27.3 Å². The monoisotopic (exact) mass is 316 g/mol. The molecule has 0 fully saturated rings. The minimum Gasteiger partial charge on any atom is -0.324 e. The molecular formula is C15H16N4S2. The fraction of sp³-hybridized carbons (Fsp3) is 0.267. The first kappa shape index (κ1) is 14.3. The molecule has 0 N–H and O–H groups in total. The average molecular weight is 316 g/mol. The largest absolute Gasteiger partial charge is 0.324 e. The summed E-state index contributed by atoms with van der Waals surface area (Å²) in [7, 11) is 0. The molecule has 0 radical (unpaired) electrons. The van der Waals surface area contributed by atoms with Crippen LogP contribution in [0.2, 0.25) is 0 Å². The molecule has 0 amide bonds. The number of imidazole rings is 1. The Morgan fingerprint density at radius 3 is 2.90 bits per heavy atom. The Morgan fingerprint density at radius 2 is 2.14 bits per heavy atom. The fourth-order valence-corrected chi connectivity index (χ4v) is 3.80. The van der Waals surface area contributed by atoms with Crippen molar-refractivity contribution in [3.63, 3.8) is 0 Å². The Hall–Kier alpha value is -1.66. The lowest BCUT2D eigenvalue weighted by molar-refractivity contribution is 0.549. The maximum atomic E-state index is 4.65. The summed E-state index contributed by atoms with van der Waals surface area (Å²) in [6, 6.07) is 6.31. The van der Waals surface area contributed by atoms with Crippen molar-refractivity contribution in [1.29, 1.82) is 0 Å². The van der Waals surface area contributed by atoms with Crippen LogP contribution in [0.5, 0.6) is 0 Å². The topological polar surface area (TPSA) is 43.6 Å². The highest BCUT2D eigenvalue weighted by Crippen LogP contribution is 2.27. The van der Waals surface area contributed by atoms with Gasteiger partial charge in [0.1, 0.15) is 5.01 Å². The van der Waals surface area contributed by atoms with Gasteiger partial charge < -0.3 is 4.57 Å². The van der Waals surface area contributed by atoms with E-state index < -0.39 is 0 Å². The first-order chi connectivity index (χ1) is 10.2. The molecule has 4 nitrogen and oxygen atoms in total. The van der Waals surface area contributed by atoms with E-state index in [2.05, 4.69) is 38.7 Å². The summed E-state index contributed by atoms with van der Waals surface area (Å²) in [4.78, 5) is 13.4. The molecule has 0 saturated heterocycles. The van der Waals surface area contributed by atoms with Gasteiger partial charge in [0.2, 0.25) is 0 Å². The van der Waals surface area contributed by atoms with Crippen molar-refractivity contribution >= 4 is 23.1 Å². The van der Waals surface area contributed by atoms with Crippen molar-refractivity contribution < 1.29 is 0 Å². The fourth-order valence-electron chi connectivity index (χ4n) is 1.92. The van der Waals surface area contributed by atoms with Gasteiger partial charge in [0.25, 0.3) is 0 Å². The normalized spacial score (nSPS) is 11.2. The molecule has 3 rings (SSSR count). The molecule has 6 heteroatoms. The van der Waals surface area contributed by atoms with Crippen molar-refractivity contribution in [2.45, 2.75) is 30.8 Å². The first-order valence-corrected chi connectivity index (χ1v) is 8.62. The van der Waals surface area contributed by atoms with Crippen LogP contribution in [0.1, 0.15) is 25.6 Å². The van der Waals surface area contributed by atoms with Gasteiger partial charge in [-0.05, 0) is 26.0 Å². The van der Waals surface area contributed by atoms with Gasteiger partial charge in [-0.15, -0.1) is 11.3 Å². The number of hydrogen-bond donors (Lipinski definition) is 0. The number of thiazole rings is 1. The van der Waals surface area contributed by atoms with Crippen molar-refractivity contribution in [3.05, 3.63) is 47.9 Å². The van der Waals surface area contributed by atoms with Crippen LogP contribution in [0.4, 0.5) is 0 Å². The molecular weight excluding hydrogens is 300 g/mol. The van der Waals surface area contributed by atoms with Crippen LogP contribution in [0, 0.1) is 0 Å². The predicted octanol–water partition coefficient (Wildman–Crippen LogP) is 4.27. The van der Waals surface area contributed by atoms with Crippen LogP contribution in [-0.4, -0.2) is 19.5 Å². The summed E-state index contributed by atoms with van der Waals surface area (Å²) in [5.74, 6) is 0.826. The van der Waals surface area contributed by atoms with Crippen LogP contribution in [0.25, 0.3) is 10.7 Å². The molecule has 3 aromatic heterocycles. The zero-order valence-corrected chi connectivity index (χ0v) is 13.6. The maximum Gasteiger partial charge on any atom is 0.168 e. The Kier molecular flexibility index (Phi) is 4.36. The van der Waals surface area contributed by atoms with Crippen LogP contribution < -0.4 is 0 Å². The van der Waals surface area contributed by atoms with Crippen molar-refractivity contribution in [1.82, 2.24) is 19.5 Å². The van der Waals surface area contributed by atoms with E-state index in [1.54, 1.807) is 29.3 Å². The Labute approximate surface area is 132 Å². The van der Waals surface area contributed by atoms with E-state index in [1.165, 1.54) is 0 Å². The Bertz CT molecular complexity index is 703. The molecule has 0 aromatic carbocycles. The second-order valence-electron chi connectivity index (χ2n) is 4.86. The molecule has 108 valence electrons. The summed E-state index contributed by atoms with van der Waals surface area (Å²) in [6.07, 6.45) is 5.67. The third-order valence-electron chi connectivity index (χ3n) is 2.97. The minimum absolute atomic E-state index is 0.425. The lowest BCUT2D eigenvalue weighted by Crippen LogP contribution is -2.00. The second kappa shape index (κ2) is 6.41. The number of pyridine rings is 1. The molecule has 0 aliphatic carbocycles. The van der Waals surface area contributed by atoms with E-state index in [-0.39, 0.29) is 0 Å². The van der Waals surface area contributed by atoms with Gasteiger partial charge in [0.15, 0.2) is 5.16 Å². The van der Waals surface area contributed by atoms with Gasteiger partial charge in [0.05, 0.1) is 11.4 Å². The van der Waals surface area contributed by atoms with Gasteiger partial charge in [0, 0.05) is 35.8 Å². The van der Waals surface area contributed by atoms with Crippen LogP contribution in [0.15, 0.2) is 47.3 Å². The number of thioether (sulfide) groups is 1. The highest BCUT2D eigenvalue weighted by atomic mass is 32.2. The van der Waals surface area contributed by atoms with Crippen molar-refractivity contribution in [3.8, 4) is 10.7 Å². The zero-order valence-electron chi connectivity index (χ0n) is 11.9. The van der Waals surface area contributed by atoms with Gasteiger partial charge in [-0.2, -0.15) is 0 Å². The molecule has 0 unspecified atom stereocenters. The molecule has 3 aromatic rings. The lowest BCUT2D eigenvalue weighted by atomic mass is 10.4. The molecule has 3 heterocycles. The smallest absolute Gasteiger partial charge is 0.168 e. The van der Waals surface area contributed by atoms with E-state index in [1.807, 2.05) is 30.6 Å². The molecule has 0 bridgehead atoms. The van der Waals surface area contributed by atoms with E-state index in [9.17, 15) is 0 Å². The maximum absolute atomic E-state index is 4.65. The van der Waals surface area contributed by atoms with Gasteiger partial charge in [-0.3, -0.25) is 4.98 Å². The first-order valence-electron chi connectivity index (χ1n) is 6.75. The Balaban J connectivity index is 1.69. The molecule has 0 atom stereocenters. The minimum atomic E-state index is 0.425. The zero-order chi connectivity index (χ0) is 14.7. The van der Waals surface area contributed by atoms with Gasteiger partial charge >= 0.3 is 0 Å². The summed E-state index contributed by atoms with van der Waals surface area (Å²) in [5.41, 5.74) is 2.01. The van der Waals surface area contributed by atoms with Gasteiger partial charge in [-0.1, -0.05) is 17.8 Å². The Morgan fingerprint density at radius 1 is 1.24 bits per heavy atom. The number of rotatable bonds is 5. The van der Waals surface area contributed by atoms with Crippen LogP contribution in [-0.2, 0) is 5.75 Å². The standard InChI is InChI=1S/C15H16N4S2/c1-11(2)19-8-7-17-15(19)21-10-12-9-20-14(18-12)13-5-3-4-6-16-13/h3-9,11H,10H2,1-2H3. The number of aromatic nitrogens is 4. The quantitative estimate of drug-likeness (QED) is 0.659. The summed E-state index contributed by atoms with van der Waals surface area (Å²) in [5, 5.41) is 4.11. The summed E-state index contributed by atoms with van der Waals surface area (Å²) < 4.78 is 2.18. The third kappa shape index (κ3) is 3.33. The van der Waals surface area contributed by atoms with Crippen LogP contribution in [0.3, 0.4) is 0 Å². The highest BCUT2D eigenvalue weighted by molar-refractivity contribution is 7.98. The van der Waals surface area contributed by atoms with Crippen molar-refractivity contribution in [2.24, 2.45) is 0 Å².